The number of carbonyl (C=O) groups is 1. The Morgan fingerprint density at radius 1 is 1.32 bits per heavy atom. The van der Waals surface area contributed by atoms with Crippen LogP contribution in [0.1, 0.15) is 33.6 Å². The minimum absolute atomic E-state index is 0.349. The number of nitriles is 1. The highest BCUT2D eigenvalue weighted by Crippen LogP contribution is 2.41. The Balaban J connectivity index is 2.90. The molecule has 1 heterocycles. The molecule has 5 heteroatoms. The number of nitrogens with zero attached hydrogens (tertiary/aromatic N) is 2. The predicted octanol–water partition coefficient (Wildman–Crippen LogP) is 4.39. The molecule has 0 N–H and O–H groups in total. The second-order valence-electron chi connectivity index (χ2n) is 6.33. The normalized spacial score (nSPS) is 18.8. The van der Waals surface area contributed by atoms with Gasteiger partial charge in [-0.1, -0.05) is 36.9 Å². The van der Waals surface area contributed by atoms with Gasteiger partial charge in [0.25, 0.3) is 0 Å². The molecule has 0 atom stereocenters. The maximum absolute atomic E-state index is 12.1. The number of hydrogen-bond acceptors (Lipinski definition) is 3. The van der Waals surface area contributed by atoms with Crippen molar-refractivity contribution < 1.29 is 9.53 Å². The van der Waals surface area contributed by atoms with Crippen molar-refractivity contribution in [2.75, 3.05) is 13.1 Å². The van der Waals surface area contributed by atoms with Crippen molar-refractivity contribution in [2.45, 2.75) is 39.2 Å². The van der Waals surface area contributed by atoms with Crippen LogP contribution in [0, 0.1) is 16.7 Å². The molecule has 1 aliphatic heterocycles. The van der Waals surface area contributed by atoms with E-state index in [0.29, 0.717) is 36.5 Å². The van der Waals surface area contributed by atoms with Crippen LogP contribution < -0.4 is 0 Å². The van der Waals surface area contributed by atoms with E-state index < -0.39 is 11.0 Å². The predicted molar refractivity (Wildman–Crippen MR) is 88.4 cm³/mol. The van der Waals surface area contributed by atoms with Gasteiger partial charge < -0.3 is 9.64 Å². The van der Waals surface area contributed by atoms with Crippen molar-refractivity contribution >= 4 is 17.7 Å². The fraction of sp³-hybridized carbons (Fsp3) is 0.529. The summed E-state index contributed by atoms with van der Waals surface area (Å²) in [5.74, 6) is 0. The zero-order valence-electron chi connectivity index (χ0n) is 13.5. The number of ether oxygens (including phenoxy) is 1. The number of likely N-dealkylation sites (tertiary alicyclic amines) is 1. The molecule has 0 unspecified atom stereocenters. The smallest absolute Gasteiger partial charge is 0.410 e. The lowest BCUT2D eigenvalue weighted by molar-refractivity contribution is 0.0169. The van der Waals surface area contributed by atoms with Crippen LogP contribution in [0.2, 0.25) is 0 Å². The van der Waals surface area contributed by atoms with E-state index in [4.69, 9.17) is 16.3 Å². The molecule has 0 aromatic heterocycles. The molecule has 0 bridgehead atoms. The van der Waals surface area contributed by atoms with E-state index in [9.17, 15) is 10.1 Å². The van der Waals surface area contributed by atoms with Gasteiger partial charge in [0.15, 0.2) is 0 Å². The summed E-state index contributed by atoms with van der Waals surface area (Å²) in [7, 11) is 0. The Labute approximate surface area is 137 Å². The maximum Gasteiger partial charge on any atom is 0.410 e. The van der Waals surface area contributed by atoms with Crippen molar-refractivity contribution in [3.8, 4) is 6.07 Å². The maximum atomic E-state index is 12.1. The molecule has 0 radical (unpaired) electrons. The first-order valence-electron chi connectivity index (χ1n) is 7.23. The Morgan fingerprint density at radius 2 is 1.86 bits per heavy atom. The highest BCUT2D eigenvalue weighted by Gasteiger charge is 2.40. The zero-order valence-corrected chi connectivity index (χ0v) is 14.2. The first-order valence-corrected chi connectivity index (χ1v) is 7.61. The minimum Gasteiger partial charge on any atom is -0.444 e. The van der Waals surface area contributed by atoms with Gasteiger partial charge >= 0.3 is 6.09 Å². The van der Waals surface area contributed by atoms with E-state index in [1.807, 2.05) is 20.8 Å². The fourth-order valence-electron chi connectivity index (χ4n) is 2.47. The van der Waals surface area contributed by atoms with Gasteiger partial charge in [0.1, 0.15) is 5.60 Å². The SMILES string of the molecule is C=CC(Cl)=C(C=C)C1(C#N)CCN(C(=O)OC(C)(C)C)CC1. The highest BCUT2D eigenvalue weighted by molar-refractivity contribution is 6.31. The molecule has 120 valence electrons. The van der Waals surface area contributed by atoms with Crippen LogP contribution in [-0.4, -0.2) is 29.7 Å². The second-order valence-corrected chi connectivity index (χ2v) is 6.74. The summed E-state index contributed by atoms with van der Waals surface area (Å²) in [6.45, 7) is 13.8. The molecule has 1 fully saturated rings. The number of rotatable bonds is 3. The topological polar surface area (TPSA) is 53.3 Å². The minimum atomic E-state index is -0.731. The number of piperidine rings is 1. The Morgan fingerprint density at radius 3 is 2.23 bits per heavy atom. The Hall–Kier alpha value is -1.73. The van der Waals surface area contributed by atoms with Crippen LogP contribution in [0.4, 0.5) is 4.79 Å². The van der Waals surface area contributed by atoms with Crippen LogP contribution in [0.25, 0.3) is 0 Å². The molecule has 0 aliphatic carbocycles. The van der Waals surface area contributed by atoms with Gasteiger partial charge in [-0.25, -0.2) is 4.79 Å². The average molecular weight is 323 g/mol. The second kappa shape index (κ2) is 7.02. The van der Waals surface area contributed by atoms with E-state index >= 15 is 0 Å². The largest absolute Gasteiger partial charge is 0.444 e. The average Bonchev–Trinajstić information content (AvgIpc) is 2.46. The van der Waals surface area contributed by atoms with Gasteiger partial charge in [-0.2, -0.15) is 5.26 Å². The number of halogens is 1. The van der Waals surface area contributed by atoms with E-state index in [1.165, 1.54) is 6.08 Å². The van der Waals surface area contributed by atoms with Crippen LogP contribution in [0.3, 0.4) is 0 Å². The Bertz CT molecular complexity index is 530. The number of carbonyl (C=O) groups excluding carboxylic acids is 1. The number of allylic oxidation sites excluding steroid dienone is 4. The molecular formula is C17H23ClN2O2. The molecular weight excluding hydrogens is 300 g/mol. The lowest BCUT2D eigenvalue weighted by Crippen LogP contribution is -2.45. The summed E-state index contributed by atoms with van der Waals surface area (Å²) in [6, 6.07) is 2.35. The monoisotopic (exact) mass is 322 g/mol. The van der Waals surface area contributed by atoms with Gasteiger partial charge in [0.05, 0.1) is 11.5 Å². The van der Waals surface area contributed by atoms with Crippen LogP contribution in [-0.2, 0) is 4.74 Å². The van der Waals surface area contributed by atoms with Gasteiger partial charge in [0.2, 0.25) is 0 Å². The summed E-state index contributed by atoms with van der Waals surface area (Å²) in [6.07, 6.45) is 3.76. The first-order chi connectivity index (χ1) is 10.2. The molecule has 0 aromatic rings. The van der Waals surface area contributed by atoms with Gasteiger partial charge in [-0.3, -0.25) is 0 Å². The van der Waals surface area contributed by atoms with E-state index in [0.717, 1.165) is 0 Å². The molecule has 1 saturated heterocycles. The van der Waals surface area contributed by atoms with Gasteiger partial charge in [0, 0.05) is 18.1 Å². The molecule has 4 nitrogen and oxygen atoms in total. The third-order valence-corrected chi connectivity index (χ3v) is 4.00. The molecule has 0 aromatic carbocycles. The van der Waals surface area contributed by atoms with E-state index in [1.54, 1.807) is 11.0 Å². The summed E-state index contributed by atoms with van der Waals surface area (Å²) in [4.78, 5) is 13.7. The van der Waals surface area contributed by atoms with E-state index in [-0.39, 0.29) is 6.09 Å². The van der Waals surface area contributed by atoms with Crippen molar-refractivity contribution in [1.82, 2.24) is 4.90 Å². The summed E-state index contributed by atoms with van der Waals surface area (Å²) < 4.78 is 5.36. The first kappa shape index (κ1) is 18.3. The molecule has 1 aliphatic rings. The molecule has 0 saturated carbocycles. The standard InChI is InChI=1S/C17H23ClN2O2/c1-6-13(14(18)7-2)17(12-19)8-10-20(11-9-17)15(21)22-16(3,4)5/h6-7H,1-2,8-11H2,3-5H3. The van der Waals surface area contributed by atoms with Gasteiger partial charge in [-0.05, 0) is 39.2 Å². The Kier molecular flexibility index (Phi) is 5.85. The highest BCUT2D eigenvalue weighted by atomic mass is 35.5. The third kappa shape index (κ3) is 4.14. The van der Waals surface area contributed by atoms with E-state index in [2.05, 4.69) is 19.2 Å². The fourth-order valence-corrected chi connectivity index (χ4v) is 2.73. The van der Waals surface area contributed by atoms with Crippen molar-refractivity contribution in [1.29, 1.82) is 5.26 Å². The van der Waals surface area contributed by atoms with Crippen LogP contribution in [0.5, 0.6) is 0 Å². The summed E-state index contributed by atoms with van der Waals surface area (Å²) >= 11 is 6.15. The zero-order chi connectivity index (χ0) is 17.0. The van der Waals surface area contributed by atoms with Gasteiger partial charge in [-0.15, -0.1) is 0 Å². The summed E-state index contributed by atoms with van der Waals surface area (Å²) in [5.41, 5.74) is -0.583. The molecule has 0 spiro atoms. The summed E-state index contributed by atoms with van der Waals surface area (Å²) in [5, 5.41) is 10.1. The molecule has 1 amide bonds. The third-order valence-electron chi connectivity index (χ3n) is 3.64. The number of amides is 1. The van der Waals surface area contributed by atoms with Crippen LogP contribution >= 0.6 is 11.6 Å². The van der Waals surface area contributed by atoms with Crippen LogP contribution in [0.15, 0.2) is 35.9 Å². The van der Waals surface area contributed by atoms with Crippen molar-refractivity contribution in [3.05, 3.63) is 35.9 Å². The van der Waals surface area contributed by atoms with Crippen molar-refractivity contribution in [2.24, 2.45) is 5.41 Å². The molecule has 22 heavy (non-hydrogen) atoms. The van der Waals surface area contributed by atoms with Crippen molar-refractivity contribution in [3.63, 3.8) is 0 Å². The number of hydrogen-bond donors (Lipinski definition) is 0. The quantitative estimate of drug-likeness (QED) is 0.724. The molecule has 1 rings (SSSR count). The lowest BCUT2D eigenvalue weighted by atomic mass is 9.73. The lowest BCUT2D eigenvalue weighted by Gasteiger charge is -2.38.